The number of benzene rings is 1. The average Bonchev–Trinajstić information content (AvgIpc) is 2.49. The molecule has 0 aliphatic carbocycles. The first-order valence-electron chi connectivity index (χ1n) is 6.40. The zero-order valence-electron chi connectivity index (χ0n) is 11.2. The van der Waals surface area contributed by atoms with Gasteiger partial charge in [0, 0.05) is 6.42 Å². The Balaban J connectivity index is 2.39. The van der Waals surface area contributed by atoms with Gasteiger partial charge in [0.25, 0.3) is 5.56 Å². The highest BCUT2D eigenvalue weighted by Gasteiger charge is 2.14. The Bertz CT molecular complexity index is 873. The summed E-state index contributed by atoms with van der Waals surface area (Å²) in [6.45, 7) is 1.83. The molecule has 0 saturated carbocycles. The maximum atomic E-state index is 13.8. The second-order valence-electron chi connectivity index (χ2n) is 4.46. The van der Waals surface area contributed by atoms with Crippen LogP contribution in [-0.2, 0) is 6.42 Å². The number of halogens is 1. The quantitative estimate of drug-likeness (QED) is 0.770. The van der Waals surface area contributed by atoms with Crippen molar-refractivity contribution in [1.82, 2.24) is 19.5 Å². The Morgan fingerprint density at radius 1 is 1.29 bits per heavy atom. The number of aryl methyl sites for hydroxylation is 1. The first-order chi connectivity index (χ1) is 10.1. The van der Waals surface area contributed by atoms with Crippen LogP contribution in [0.25, 0.3) is 16.7 Å². The number of fused-ring (bicyclic) bond motifs is 1. The van der Waals surface area contributed by atoms with Crippen LogP contribution in [0.3, 0.4) is 0 Å². The van der Waals surface area contributed by atoms with Gasteiger partial charge in [-0.2, -0.15) is 0 Å². The number of hydrogen-bond donors (Lipinski definition) is 1. The summed E-state index contributed by atoms with van der Waals surface area (Å²) in [4.78, 5) is 24.9. The summed E-state index contributed by atoms with van der Waals surface area (Å²) in [5.41, 5.74) is 5.19. The molecular formula is C14H12FN5O. The molecular weight excluding hydrogens is 273 g/mol. The minimum Gasteiger partial charge on any atom is -0.382 e. The minimum atomic E-state index is -0.519. The van der Waals surface area contributed by atoms with Gasteiger partial charge in [0.2, 0.25) is 0 Å². The highest BCUT2D eigenvalue weighted by Crippen LogP contribution is 2.15. The monoisotopic (exact) mass is 285 g/mol. The molecule has 2 aromatic heterocycles. The fourth-order valence-corrected chi connectivity index (χ4v) is 2.14. The van der Waals surface area contributed by atoms with Crippen molar-refractivity contribution in [2.24, 2.45) is 0 Å². The summed E-state index contributed by atoms with van der Waals surface area (Å²) in [6.07, 6.45) is 3.20. The van der Waals surface area contributed by atoms with Gasteiger partial charge in [-0.1, -0.05) is 13.0 Å². The van der Waals surface area contributed by atoms with E-state index in [1.807, 2.05) is 6.92 Å². The molecule has 7 heteroatoms. The summed E-state index contributed by atoms with van der Waals surface area (Å²) in [7, 11) is 0. The predicted octanol–water partition coefficient (Wildman–Crippen LogP) is 1.46. The van der Waals surface area contributed by atoms with E-state index in [9.17, 15) is 9.18 Å². The Morgan fingerprint density at radius 2 is 2.10 bits per heavy atom. The Hall–Kier alpha value is -2.83. The Morgan fingerprint density at radius 3 is 2.76 bits per heavy atom. The van der Waals surface area contributed by atoms with Gasteiger partial charge >= 0.3 is 0 Å². The molecule has 2 heterocycles. The van der Waals surface area contributed by atoms with Gasteiger partial charge in [-0.25, -0.2) is 23.9 Å². The molecule has 0 radical (unpaired) electrons. The van der Waals surface area contributed by atoms with E-state index in [1.54, 1.807) is 0 Å². The molecule has 0 unspecified atom stereocenters. The molecule has 1 aromatic carbocycles. The van der Waals surface area contributed by atoms with Crippen LogP contribution in [-0.4, -0.2) is 19.5 Å². The second-order valence-corrected chi connectivity index (χ2v) is 4.46. The largest absolute Gasteiger partial charge is 0.382 e. The topological polar surface area (TPSA) is 86.7 Å². The van der Waals surface area contributed by atoms with Crippen LogP contribution in [0.15, 0.2) is 35.4 Å². The normalized spacial score (nSPS) is 11.0. The van der Waals surface area contributed by atoms with Crippen molar-refractivity contribution in [1.29, 1.82) is 0 Å². The number of hydrogen-bond acceptors (Lipinski definition) is 5. The molecule has 3 rings (SSSR count). The minimum absolute atomic E-state index is 0.0685. The van der Waals surface area contributed by atoms with Crippen molar-refractivity contribution in [2.75, 3.05) is 5.73 Å². The molecule has 0 bridgehead atoms. The van der Waals surface area contributed by atoms with Crippen molar-refractivity contribution >= 4 is 16.7 Å². The van der Waals surface area contributed by atoms with Crippen LogP contribution in [0.5, 0.6) is 0 Å². The predicted molar refractivity (Wildman–Crippen MR) is 76.7 cm³/mol. The standard InChI is InChI=1S/C14H12FN5O/c1-2-11-19-13-8(4-3-5-9(13)15)14(21)20(11)12-7-17-10(16)6-18-12/h3-7H,2H2,1H3,(H2,16,17). The summed E-state index contributed by atoms with van der Waals surface area (Å²) < 4.78 is 15.1. The number of para-hydroxylation sites is 1. The fraction of sp³-hybridized carbons (Fsp3) is 0.143. The van der Waals surface area contributed by atoms with Gasteiger partial charge in [0.05, 0.1) is 17.8 Å². The van der Waals surface area contributed by atoms with Gasteiger partial charge in [-0.3, -0.25) is 4.79 Å². The summed E-state index contributed by atoms with van der Waals surface area (Å²) in [5, 5.41) is 0.200. The smallest absolute Gasteiger partial charge is 0.267 e. The molecule has 6 nitrogen and oxygen atoms in total. The third kappa shape index (κ3) is 2.12. The number of anilines is 1. The number of nitrogens with two attached hydrogens (primary N) is 1. The molecule has 0 fully saturated rings. The summed E-state index contributed by atoms with van der Waals surface area (Å²) >= 11 is 0. The molecule has 0 saturated heterocycles. The molecule has 0 aliphatic rings. The lowest BCUT2D eigenvalue weighted by atomic mass is 10.2. The van der Waals surface area contributed by atoms with Crippen LogP contribution < -0.4 is 11.3 Å². The van der Waals surface area contributed by atoms with E-state index >= 15 is 0 Å². The van der Waals surface area contributed by atoms with Crippen molar-refractivity contribution < 1.29 is 4.39 Å². The Kier molecular flexibility index (Phi) is 3.09. The lowest BCUT2D eigenvalue weighted by Gasteiger charge is -2.11. The van der Waals surface area contributed by atoms with E-state index in [1.165, 1.54) is 35.2 Å². The highest BCUT2D eigenvalue weighted by molar-refractivity contribution is 5.78. The van der Waals surface area contributed by atoms with Crippen LogP contribution in [0.4, 0.5) is 10.2 Å². The van der Waals surface area contributed by atoms with E-state index < -0.39 is 5.82 Å². The molecule has 3 aromatic rings. The van der Waals surface area contributed by atoms with Crippen LogP contribution in [0.2, 0.25) is 0 Å². The first-order valence-corrected chi connectivity index (χ1v) is 6.40. The zero-order chi connectivity index (χ0) is 15.0. The summed E-state index contributed by atoms with van der Waals surface area (Å²) in [6, 6.07) is 4.29. The fourth-order valence-electron chi connectivity index (χ4n) is 2.14. The van der Waals surface area contributed by atoms with E-state index in [0.717, 1.165) is 0 Å². The van der Waals surface area contributed by atoms with Crippen molar-refractivity contribution in [2.45, 2.75) is 13.3 Å². The van der Waals surface area contributed by atoms with Crippen molar-refractivity contribution in [3.63, 3.8) is 0 Å². The zero-order valence-corrected chi connectivity index (χ0v) is 11.2. The number of aromatic nitrogens is 4. The second kappa shape index (κ2) is 4.93. The summed E-state index contributed by atoms with van der Waals surface area (Å²) in [5.74, 6) is 0.459. The van der Waals surface area contributed by atoms with Gasteiger partial charge in [0.1, 0.15) is 23.0 Å². The van der Waals surface area contributed by atoms with E-state index in [0.29, 0.717) is 18.1 Å². The van der Waals surface area contributed by atoms with E-state index in [-0.39, 0.29) is 22.3 Å². The van der Waals surface area contributed by atoms with Crippen LogP contribution in [0, 0.1) is 5.82 Å². The van der Waals surface area contributed by atoms with Gasteiger partial charge in [-0.15, -0.1) is 0 Å². The van der Waals surface area contributed by atoms with Gasteiger partial charge in [-0.05, 0) is 12.1 Å². The molecule has 0 aliphatic heterocycles. The van der Waals surface area contributed by atoms with E-state index in [4.69, 9.17) is 5.73 Å². The van der Waals surface area contributed by atoms with E-state index in [2.05, 4.69) is 15.0 Å². The molecule has 21 heavy (non-hydrogen) atoms. The molecule has 106 valence electrons. The average molecular weight is 285 g/mol. The first kappa shape index (κ1) is 13.2. The number of rotatable bonds is 2. The van der Waals surface area contributed by atoms with Crippen molar-refractivity contribution in [3.05, 3.63) is 52.6 Å². The van der Waals surface area contributed by atoms with Gasteiger partial charge < -0.3 is 5.73 Å². The van der Waals surface area contributed by atoms with Crippen molar-refractivity contribution in [3.8, 4) is 5.82 Å². The van der Waals surface area contributed by atoms with Crippen LogP contribution >= 0.6 is 0 Å². The lowest BCUT2D eigenvalue weighted by molar-refractivity contribution is 0.634. The number of nitrogens with zero attached hydrogens (tertiary/aromatic N) is 4. The number of nitrogen functional groups attached to an aromatic ring is 1. The third-order valence-electron chi connectivity index (χ3n) is 3.12. The maximum Gasteiger partial charge on any atom is 0.267 e. The Labute approximate surface area is 119 Å². The SMILES string of the molecule is CCc1nc2c(F)cccc2c(=O)n1-c1cnc(N)cn1. The third-order valence-corrected chi connectivity index (χ3v) is 3.12. The maximum absolute atomic E-state index is 13.8. The van der Waals surface area contributed by atoms with Crippen LogP contribution in [0.1, 0.15) is 12.7 Å². The van der Waals surface area contributed by atoms with Gasteiger partial charge in [0.15, 0.2) is 5.82 Å². The molecule has 0 atom stereocenters. The lowest BCUT2D eigenvalue weighted by Crippen LogP contribution is -2.25. The molecule has 2 N–H and O–H groups in total. The highest BCUT2D eigenvalue weighted by atomic mass is 19.1. The molecule has 0 spiro atoms. The molecule has 0 amide bonds.